The normalized spacial score (nSPS) is 17.8. The highest BCUT2D eigenvalue weighted by molar-refractivity contribution is 7.81. The average Bonchev–Trinajstić information content (AvgIpc) is 3.23. The summed E-state index contributed by atoms with van der Waals surface area (Å²) >= 11 is 6.10. The summed E-state index contributed by atoms with van der Waals surface area (Å²) in [7, 11) is -1.17. The lowest BCUT2D eigenvalue weighted by molar-refractivity contribution is -0.126. The van der Waals surface area contributed by atoms with Crippen molar-refractivity contribution in [3.8, 4) is 0 Å². The molecule has 1 aromatic heterocycles. The largest absolute Gasteiger partial charge is 0.412 e. The van der Waals surface area contributed by atoms with Crippen LogP contribution in [0.1, 0.15) is 43.9 Å². The number of carbonyl (C=O) groups excluding carboxylic acids is 1. The second-order valence-corrected chi connectivity index (χ2v) is 10.4. The van der Waals surface area contributed by atoms with E-state index in [0.717, 1.165) is 30.8 Å². The highest BCUT2D eigenvalue weighted by Gasteiger charge is 2.34. The van der Waals surface area contributed by atoms with E-state index in [1.165, 1.54) is 19.3 Å². The zero-order chi connectivity index (χ0) is 23.6. The molecule has 190 valence electrons. The predicted molar refractivity (Wildman–Crippen MR) is 138 cm³/mol. The number of rotatable bonds is 12. The molecule has 3 N–H and O–H groups in total. The van der Waals surface area contributed by atoms with Gasteiger partial charge in [0.05, 0.1) is 17.3 Å². The van der Waals surface area contributed by atoms with Crippen molar-refractivity contribution in [2.45, 2.75) is 51.6 Å². The van der Waals surface area contributed by atoms with Crippen LogP contribution in [0, 0.1) is 0 Å². The van der Waals surface area contributed by atoms with Gasteiger partial charge in [-0.25, -0.2) is 13.5 Å². The fourth-order valence-electron chi connectivity index (χ4n) is 4.27. The number of halogens is 1. The van der Waals surface area contributed by atoms with Gasteiger partial charge in [-0.3, -0.25) is 9.69 Å². The summed E-state index contributed by atoms with van der Waals surface area (Å²) in [6.07, 6.45) is 10.8. The number of imidazole rings is 1. The minimum absolute atomic E-state index is 0. The molecule has 0 bridgehead atoms. The average molecular weight is 512 g/mol. The van der Waals surface area contributed by atoms with Crippen LogP contribution < -0.4 is 5.32 Å². The number of piperazine rings is 1. The fourth-order valence-corrected chi connectivity index (χ4v) is 5.34. The van der Waals surface area contributed by atoms with Gasteiger partial charge in [-0.05, 0) is 30.7 Å². The first kappa shape index (κ1) is 28.5. The minimum atomic E-state index is -1.17. The third-order valence-electron chi connectivity index (χ3n) is 6.10. The first-order chi connectivity index (χ1) is 16.0. The minimum Gasteiger partial charge on any atom is -0.412 e. The Morgan fingerprint density at radius 3 is 2.82 bits per heavy atom. The monoisotopic (exact) mass is 511 g/mol. The Balaban J connectivity index is 0.00000408. The number of benzene rings is 1. The van der Waals surface area contributed by atoms with Crippen molar-refractivity contribution in [2.75, 3.05) is 39.0 Å². The van der Waals surface area contributed by atoms with Gasteiger partial charge in [0.25, 0.3) is 0 Å². The van der Waals surface area contributed by atoms with Gasteiger partial charge >= 0.3 is 0 Å². The second kappa shape index (κ2) is 14.6. The molecular weight excluding hydrogens is 474 g/mol. The Morgan fingerprint density at radius 2 is 2.09 bits per heavy atom. The van der Waals surface area contributed by atoms with E-state index in [2.05, 4.69) is 26.7 Å². The zero-order valence-corrected chi connectivity index (χ0v) is 21.8. The molecule has 2 heterocycles. The molecular formula is C24H38ClN5O3S. The third kappa shape index (κ3) is 8.46. The Kier molecular flexibility index (Phi) is 12.2. The number of nitrogens with zero attached hydrogens (tertiary/aromatic N) is 4. The van der Waals surface area contributed by atoms with E-state index in [0.29, 0.717) is 37.6 Å². The summed E-state index contributed by atoms with van der Waals surface area (Å²) in [5.74, 6) is -0.0515. The molecule has 8 nitrogen and oxygen atoms in total. The second-order valence-electron chi connectivity index (χ2n) is 8.63. The summed E-state index contributed by atoms with van der Waals surface area (Å²) in [5, 5.41) is 3.78. The molecule has 34 heavy (non-hydrogen) atoms. The van der Waals surface area contributed by atoms with Gasteiger partial charge in [-0.1, -0.05) is 49.9 Å². The summed E-state index contributed by atoms with van der Waals surface area (Å²) in [6.45, 7) is 6.54. The van der Waals surface area contributed by atoms with Gasteiger partial charge in [0.2, 0.25) is 5.91 Å². The van der Waals surface area contributed by atoms with E-state index in [-0.39, 0.29) is 17.4 Å². The molecule has 1 aliphatic rings. The lowest BCUT2D eigenvalue weighted by Crippen LogP contribution is -2.59. The number of unbranched alkanes of at least 4 members (excludes halogenated alkanes) is 3. The van der Waals surface area contributed by atoms with Crippen molar-refractivity contribution in [3.05, 3.63) is 53.1 Å². The van der Waals surface area contributed by atoms with Gasteiger partial charge in [0, 0.05) is 62.3 Å². The van der Waals surface area contributed by atoms with Crippen LogP contribution in [0.2, 0.25) is 5.02 Å². The molecule has 2 atom stereocenters. The molecule has 0 radical (unpaired) electrons. The zero-order valence-electron chi connectivity index (χ0n) is 20.2. The molecule has 1 fully saturated rings. The number of amides is 1. The van der Waals surface area contributed by atoms with E-state index in [1.807, 2.05) is 34.8 Å². The van der Waals surface area contributed by atoms with E-state index in [1.54, 1.807) is 12.6 Å². The van der Waals surface area contributed by atoms with Crippen LogP contribution in [-0.4, -0.2) is 79.4 Å². The summed E-state index contributed by atoms with van der Waals surface area (Å²) < 4.78 is 16.1. The van der Waals surface area contributed by atoms with E-state index in [4.69, 9.17) is 11.6 Å². The highest BCUT2D eigenvalue weighted by Crippen LogP contribution is 2.15. The van der Waals surface area contributed by atoms with Crippen molar-refractivity contribution < 1.29 is 14.5 Å². The molecule has 0 saturated carbocycles. The number of aromatic nitrogens is 2. The Bertz CT molecular complexity index is 926. The molecule has 1 amide bonds. The predicted octanol–water partition coefficient (Wildman–Crippen LogP) is 2.28. The van der Waals surface area contributed by atoms with Gasteiger partial charge in [0.15, 0.2) is 0 Å². The summed E-state index contributed by atoms with van der Waals surface area (Å²) in [4.78, 5) is 19.6. The van der Waals surface area contributed by atoms with Crippen molar-refractivity contribution in [2.24, 2.45) is 0 Å². The lowest BCUT2D eigenvalue weighted by Gasteiger charge is -2.39. The van der Waals surface area contributed by atoms with Crippen LogP contribution in [0.4, 0.5) is 0 Å². The highest BCUT2D eigenvalue weighted by atomic mass is 35.5. The van der Waals surface area contributed by atoms with Crippen molar-refractivity contribution >= 4 is 28.5 Å². The van der Waals surface area contributed by atoms with Gasteiger partial charge in [-0.15, -0.1) is 0 Å². The Hall–Kier alpha value is -1.78. The van der Waals surface area contributed by atoms with Crippen LogP contribution in [0.15, 0.2) is 36.8 Å². The molecule has 2 aromatic rings. The Labute approximate surface area is 210 Å². The fraction of sp³-hybridized carbons (Fsp3) is 0.583. The maximum Gasteiger partial charge on any atom is 0.239 e. The molecule has 3 rings (SSSR count). The first-order valence-corrected chi connectivity index (χ1v) is 13.7. The Morgan fingerprint density at radius 1 is 1.26 bits per heavy atom. The number of carbonyl (C=O) groups is 1. The first-order valence-electron chi connectivity index (χ1n) is 11.8. The standard InChI is InChI=1S/C24H36ClN5O2S.H2O/c1-3-4-5-6-12-28-13-14-30(33(2)32)23(18-28)24(31)27-11-10-22-16-26-19-29(22)17-20-8-7-9-21(25)15-20;/h7-9,15-16,19,23H,3-6,10-14,17-18H2,1-2H3,(H,27,31);1H2. The maximum atomic E-state index is 13.0. The molecule has 1 aromatic carbocycles. The van der Waals surface area contributed by atoms with Crippen LogP contribution in [0.25, 0.3) is 0 Å². The molecule has 0 aliphatic carbocycles. The van der Waals surface area contributed by atoms with Crippen molar-refractivity contribution in [1.29, 1.82) is 0 Å². The molecule has 2 unspecified atom stereocenters. The number of hydrogen-bond donors (Lipinski definition) is 1. The third-order valence-corrected chi connectivity index (χ3v) is 7.43. The van der Waals surface area contributed by atoms with E-state index in [9.17, 15) is 9.00 Å². The molecule has 0 spiro atoms. The van der Waals surface area contributed by atoms with Crippen molar-refractivity contribution in [1.82, 2.24) is 24.1 Å². The maximum absolute atomic E-state index is 13.0. The van der Waals surface area contributed by atoms with Crippen LogP contribution in [0.3, 0.4) is 0 Å². The summed E-state index contributed by atoms with van der Waals surface area (Å²) in [5.41, 5.74) is 2.15. The topological polar surface area (TPSA) is 102 Å². The van der Waals surface area contributed by atoms with Crippen LogP contribution in [0.5, 0.6) is 0 Å². The van der Waals surface area contributed by atoms with Crippen LogP contribution in [-0.2, 0) is 28.7 Å². The van der Waals surface area contributed by atoms with E-state index < -0.39 is 11.0 Å². The van der Waals surface area contributed by atoms with Crippen LogP contribution >= 0.6 is 11.6 Å². The van der Waals surface area contributed by atoms with Gasteiger partial charge < -0.3 is 15.4 Å². The molecule has 10 heteroatoms. The lowest BCUT2D eigenvalue weighted by atomic mass is 10.1. The van der Waals surface area contributed by atoms with Gasteiger partial charge in [0.1, 0.15) is 6.04 Å². The SMILES string of the molecule is CCCCCCN1CCN(S(C)=O)C(C(=O)NCCc2cncn2Cc2cccc(Cl)c2)C1.O. The smallest absolute Gasteiger partial charge is 0.239 e. The summed E-state index contributed by atoms with van der Waals surface area (Å²) in [6, 6.07) is 7.40. The van der Waals surface area contributed by atoms with Gasteiger partial charge in [-0.2, -0.15) is 0 Å². The molecule has 1 aliphatic heterocycles. The number of nitrogens with one attached hydrogen (secondary N) is 1. The van der Waals surface area contributed by atoms with Crippen molar-refractivity contribution in [3.63, 3.8) is 0 Å². The number of hydrogen-bond acceptors (Lipinski definition) is 4. The quantitative estimate of drug-likeness (QED) is 0.441. The van der Waals surface area contributed by atoms with E-state index >= 15 is 0 Å². The molecule has 1 saturated heterocycles.